The van der Waals surface area contributed by atoms with Gasteiger partial charge in [0.15, 0.2) is 0 Å². The molecule has 0 radical (unpaired) electrons. The van der Waals surface area contributed by atoms with Crippen LogP contribution in [0.1, 0.15) is 37.8 Å². The SMILES string of the molecule is NC(=S)c1ccnc(OCC2CCCCC2)n1. The van der Waals surface area contributed by atoms with Gasteiger partial charge in [0.2, 0.25) is 0 Å². The Kier molecular flexibility index (Phi) is 4.25. The van der Waals surface area contributed by atoms with Crippen LogP contribution in [0.4, 0.5) is 0 Å². The lowest BCUT2D eigenvalue weighted by Crippen LogP contribution is -2.17. The van der Waals surface area contributed by atoms with Crippen LogP contribution in [0.25, 0.3) is 0 Å². The van der Waals surface area contributed by atoms with Crippen molar-refractivity contribution in [1.29, 1.82) is 0 Å². The maximum absolute atomic E-state index is 5.60. The van der Waals surface area contributed by atoms with Gasteiger partial charge in [0.25, 0.3) is 0 Å². The average molecular weight is 251 g/mol. The summed E-state index contributed by atoms with van der Waals surface area (Å²) in [5.74, 6) is 0.640. The number of rotatable bonds is 4. The Hall–Kier alpha value is -1.23. The van der Waals surface area contributed by atoms with Gasteiger partial charge in [0.05, 0.1) is 6.61 Å². The average Bonchev–Trinajstić information content (AvgIpc) is 2.38. The van der Waals surface area contributed by atoms with Crippen LogP contribution in [0.5, 0.6) is 6.01 Å². The van der Waals surface area contributed by atoms with Crippen LogP contribution in [-0.2, 0) is 0 Å². The molecular formula is C12H17N3OS. The highest BCUT2D eigenvalue weighted by molar-refractivity contribution is 7.80. The van der Waals surface area contributed by atoms with E-state index in [0.717, 1.165) is 0 Å². The van der Waals surface area contributed by atoms with Crippen LogP contribution in [0, 0.1) is 5.92 Å². The van der Waals surface area contributed by atoms with Crippen molar-refractivity contribution in [2.75, 3.05) is 6.61 Å². The number of nitrogens with zero attached hydrogens (tertiary/aromatic N) is 2. The summed E-state index contributed by atoms with van der Waals surface area (Å²) in [4.78, 5) is 8.49. The quantitative estimate of drug-likeness (QED) is 0.830. The summed E-state index contributed by atoms with van der Waals surface area (Å²) < 4.78 is 5.60. The first-order valence-corrected chi connectivity index (χ1v) is 6.42. The molecule has 0 aromatic carbocycles. The van der Waals surface area contributed by atoms with E-state index in [2.05, 4.69) is 9.97 Å². The molecule has 1 saturated carbocycles. The van der Waals surface area contributed by atoms with E-state index in [9.17, 15) is 0 Å². The first kappa shape index (κ1) is 12.2. The second-order valence-corrected chi connectivity index (χ2v) is 4.84. The second-order valence-electron chi connectivity index (χ2n) is 4.40. The molecule has 5 heteroatoms. The van der Waals surface area contributed by atoms with Gasteiger partial charge in [-0.25, -0.2) is 4.98 Å². The smallest absolute Gasteiger partial charge is 0.316 e. The van der Waals surface area contributed by atoms with Gasteiger partial charge in [-0.3, -0.25) is 0 Å². The summed E-state index contributed by atoms with van der Waals surface area (Å²) in [7, 11) is 0. The number of nitrogens with two attached hydrogens (primary N) is 1. The monoisotopic (exact) mass is 251 g/mol. The van der Waals surface area contributed by atoms with Crippen molar-refractivity contribution in [3.8, 4) is 6.01 Å². The lowest BCUT2D eigenvalue weighted by atomic mass is 9.90. The summed E-state index contributed by atoms with van der Waals surface area (Å²) in [6.45, 7) is 0.695. The summed E-state index contributed by atoms with van der Waals surface area (Å²) in [6, 6.07) is 2.07. The van der Waals surface area contributed by atoms with Crippen molar-refractivity contribution < 1.29 is 4.74 Å². The zero-order valence-electron chi connectivity index (χ0n) is 9.76. The van der Waals surface area contributed by atoms with Gasteiger partial charge >= 0.3 is 6.01 Å². The highest BCUT2D eigenvalue weighted by Gasteiger charge is 2.14. The molecule has 1 aliphatic carbocycles. The maximum Gasteiger partial charge on any atom is 0.316 e. The predicted octanol–water partition coefficient (Wildman–Crippen LogP) is 2.07. The highest BCUT2D eigenvalue weighted by Crippen LogP contribution is 2.23. The molecule has 0 unspecified atom stereocenters. The fraction of sp³-hybridized carbons (Fsp3) is 0.583. The third-order valence-electron chi connectivity index (χ3n) is 3.06. The van der Waals surface area contributed by atoms with E-state index < -0.39 is 0 Å². The zero-order chi connectivity index (χ0) is 12.1. The van der Waals surface area contributed by atoms with Gasteiger partial charge in [-0.15, -0.1) is 0 Å². The number of aromatic nitrogens is 2. The molecule has 0 atom stereocenters. The maximum atomic E-state index is 5.60. The van der Waals surface area contributed by atoms with Crippen LogP contribution in [0.15, 0.2) is 12.3 Å². The van der Waals surface area contributed by atoms with Crippen molar-refractivity contribution in [1.82, 2.24) is 9.97 Å². The van der Waals surface area contributed by atoms with Crippen molar-refractivity contribution in [2.24, 2.45) is 11.7 Å². The Morgan fingerprint density at radius 2 is 2.18 bits per heavy atom. The third kappa shape index (κ3) is 3.63. The van der Waals surface area contributed by atoms with Crippen LogP contribution in [0.3, 0.4) is 0 Å². The van der Waals surface area contributed by atoms with Crippen LogP contribution < -0.4 is 10.5 Å². The van der Waals surface area contributed by atoms with Crippen molar-refractivity contribution in [2.45, 2.75) is 32.1 Å². The molecule has 0 spiro atoms. The fourth-order valence-electron chi connectivity index (χ4n) is 2.09. The number of ether oxygens (including phenoxy) is 1. The van der Waals surface area contributed by atoms with E-state index in [-0.39, 0.29) is 4.99 Å². The van der Waals surface area contributed by atoms with E-state index in [4.69, 9.17) is 22.7 Å². The van der Waals surface area contributed by atoms with Crippen LogP contribution >= 0.6 is 12.2 Å². The van der Waals surface area contributed by atoms with E-state index in [1.165, 1.54) is 32.1 Å². The van der Waals surface area contributed by atoms with Crippen LogP contribution in [-0.4, -0.2) is 21.6 Å². The molecule has 1 heterocycles. The van der Waals surface area contributed by atoms with Gasteiger partial charge in [0, 0.05) is 6.20 Å². The normalized spacial score (nSPS) is 16.7. The third-order valence-corrected chi connectivity index (χ3v) is 3.27. The van der Waals surface area contributed by atoms with Gasteiger partial charge in [-0.2, -0.15) is 4.98 Å². The Bertz CT molecular complexity index is 391. The first-order chi connectivity index (χ1) is 8.25. The topological polar surface area (TPSA) is 61.0 Å². The van der Waals surface area contributed by atoms with E-state index in [1.807, 2.05) is 0 Å². The summed E-state index contributed by atoms with van der Waals surface area (Å²) in [6.07, 6.45) is 8.08. The standard InChI is InChI=1S/C12H17N3OS/c13-11(17)10-6-7-14-12(15-10)16-8-9-4-2-1-3-5-9/h6-7,9H,1-5,8H2,(H2,13,17). The number of thiocarbonyl (C=S) groups is 1. The molecule has 0 aliphatic heterocycles. The summed E-state index contributed by atoms with van der Waals surface area (Å²) >= 11 is 4.86. The van der Waals surface area contributed by atoms with Gasteiger partial charge in [0.1, 0.15) is 10.7 Å². The van der Waals surface area contributed by atoms with Crippen molar-refractivity contribution in [3.05, 3.63) is 18.0 Å². The Morgan fingerprint density at radius 3 is 2.88 bits per heavy atom. The van der Waals surface area contributed by atoms with Crippen LogP contribution in [0.2, 0.25) is 0 Å². The number of hydrogen-bond acceptors (Lipinski definition) is 4. The second kappa shape index (κ2) is 5.91. The minimum absolute atomic E-state index is 0.273. The molecule has 0 bridgehead atoms. The molecule has 0 amide bonds. The van der Waals surface area contributed by atoms with Crippen molar-refractivity contribution in [3.63, 3.8) is 0 Å². The van der Waals surface area contributed by atoms with Gasteiger partial charge in [-0.1, -0.05) is 31.5 Å². The minimum Gasteiger partial charge on any atom is -0.463 e. The predicted molar refractivity (Wildman–Crippen MR) is 70.0 cm³/mol. The summed E-state index contributed by atoms with van der Waals surface area (Å²) in [5.41, 5.74) is 6.07. The van der Waals surface area contributed by atoms with Gasteiger partial charge < -0.3 is 10.5 Å². The van der Waals surface area contributed by atoms with E-state index in [0.29, 0.717) is 24.2 Å². The van der Waals surface area contributed by atoms with E-state index >= 15 is 0 Å². The molecule has 1 aromatic rings. The molecule has 2 rings (SSSR count). The Morgan fingerprint density at radius 1 is 1.41 bits per heavy atom. The molecular weight excluding hydrogens is 234 g/mol. The summed E-state index contributed by atoms with van der Waals surface area (Å²) in [5, 5.41) is 0. The molecule has 17 heavy (non-hydrogen) atoms. The minimum atomic E-state index is 0.273. The molecule has 1 aliphatic rings. The Labute approximate surface area is 107 Å². The number of hydrogen-bond donors (Lipinski definition) is 1. The largest absolute Gasteiger partial charge is 0.463 e. The first-order valence-electron chi connectivity index (χ1n) is 6.01. The molecule has 1 fully saturated rings. The molecule has 92 valence electrons. The fourth-order valence-corrected chi connectivity index (χ4v) is 2.21. The molecule has 1 aromatic heterocycles. The van der Waals surface area contributed by atoms with Crippen molar-refractivity contribution >= 4 is 17.2 Å². The van der Waals surface area contributed by atoms with E-state index in [1.54, 1.807) is 12.3 Å². The lowest BCUT2D eigenvalue weighted by molar-refractivity contribution is 0.196. The molecule has 2 N–H and O–H groups in total. The highest BCUT2D eigenvalue weighted by atomic mass is 32.1. The lowest BCUT2D eigenvalue weighted by Gasteiger charge is -2.20. The van der Waals surface area contributed by atoms with Gasteiger partial charge in [-0.05, 0) is 24.8 Å². The molecule has 4 nitrogen and oxygen atoms in total. The Balaban J connectivity index is 1.89. The molecule has 0 saturated heterocycles. The zero-order valence-corrected chi connectivity index (χ0v) is 10.6.